The van der Waals surface area contributed by atoms with Crippen LogP contribution in [0.3, 0.4) is 0 Å². The average Bonchev–Trinajstić information content (AvgIpc) is 2.74. The lowest BCUT2D eigenvalue weighted by atomic mass is 10.0. The summed E-state index contributed by atoms with van der Waals surface area (Å²) >= 11 is 1.38. The van der Waals surface area contributed by atoms with Gasteiger partial charge in [-0.2, -0.15) is 0 Å². The van der Waals surface area contributed by atoms with Crippen molar-refractivity contribution in [2.75, 3.05) is 25.9 Å². The zero-order chi connectivity index (χ0) is 14.3. The highest BCUT2D eigenvalue weighted by Gasteiger charge is 2.21. The third kappa shape index (κ3) is 2.14. The average molecular weight is 290 g/mol. The summed E-state index contributed by atoms with van der Waals surface area (Å²) in [5.41, 5.74) is 9.05. The number of carbonyl (C=O) groups is 1. The number of likely N-dealkylation sites (N-methyl/N-ethyl adjacent to an activating group) is 1. The zero-order valence-electron chi connectivity index (χ0n) is 11.7. The van der Waals surface area contributed by atoms with E-state index in [-0.39, 0.29) is 5.91 Å². The predicted molar refractivity (Wildman–Crippen MR) is 82.1 cm³/mol. The highest BCUT2D eigenvalue weighted by Crippen LogP contribution is 2.34. The maximum Gasteiger partial charge on any atom is 0.263 e. The molecular weight excluding hydrogens is 272 g/mol. The van der Waals surface area contributed by atoms with Gasteiger partial charge in [-0.15, -0.1) is 11.3 Å². The lowest BCUT2D eigenvalue weighted by Crippen LogP contribution is -2.27. The van der Waals surface area contributed by atoms with Crippen LogP contribution in [0.1, 0.15) is 27.9 Å². The van der Waals surface area contributed by atoms with Crippen molar-refractivity contribution in [3.63, 3.8) is 0 Å². The van der Waals surface area contributed by atoms with Gasteiger partial charge in [0.1, 0.15) is 9.71 Å². The van der Waals surface area contributed by atoms with E-state index in [1.165, 1.54) is 16.9 Å². The highest BCUT2D eigenvalue weighted by atomic mass is 32.1. The summed E-state index contributed by atoms with van der Waals surface area (Å²) in [6.07, 6.45) is 0.954. The molecule has 106 valence electrons. The number of nitrogens with one attached hydrogen (secondary N) is 1. The van der Waals surface area contributed by atoms with Crippen molar-refractivity contribution in [1.29, 1.82) is 0 Å². The summed E-state index contributed by atoms with van der Waals surface area (Å²) in [6, 6.07) is 2.10. The van der Waals surface area contributed by atoms with E-state index in [9.17, 15) is 4.79 Å². The third-order valence-electron chi connectivity index (χ3n) is 3.60. The molecular formula is C14H18N4OS. The van der Waals surface area contributed by atoms with Crippen molar-refractivity contribution in [3.8, 4) is 0 Å². The Morgan fingerprint density at radius 3 is 3.15 bits per heavy atom. The fraction of sp³-hybridized carbons (Fsp3) is 0.429. The van der Waals surface area contributed by atoms with E-state index in [1.54, 1.807) is 0 Å². The summed E-state index contributed by atoms with van der Waals surface area (Å²) < 4.78 is 0. The Morgan fingerprint density at radius 2 is 2.40 bits per heavy atom. The van der Waals surface area contributed by atoms with E-state index >= 15 is 0 Å². The molecule has 3 heterocycles. The molecule has 1 amide bonds. The summed E-state index contributed by atoms with van der Waals surface area (Å²) in [5.74, 6) is -0.108. The van der Waals surface area contributed by atoms with Crippen LogP contribution in [0.25, 0.3) is 10.2 Å². The van der Waals surface area contributed by atoms with Crippen molar-refractivity contribution in [2.45, 2.75) is 19.9 Å². The number of hydrogen-bond acceptors (Lipinski definition) is 5. The quantitative estimate of drug-likeness (QED) is 0.881. The van der Waals surface area contributed by atoms with Gasteiger partial charge in [0.2, 0.25) is 0 Å². The number of aromatic nitrogens is 1. The lowest BCUT2D eigenvalue weighted by molar-refractivity contribution is 0.0960. The topological polar surface area (TPSA) is 71.2 Å². The number of nitrogen functional groups attached to an aromatic ring is 1. The first-order valence-electron chi connectivity index (χ1n) is 6.77. The second-order valence-electron chi connectivity index (χ2n) is 5.14. The number of amides is 1. The van der Waals surface area contributed by atoms with Crippen LogP contribution in [0, 0.1) is 0 Å². The van der Waals surface area contributed by atoms with Crippen LogP contribution in [-0.4, -0.2) is 35.9 Å². The largest absolute Gasteiger partial charge is 0.397 e. The normalized spacial score (nSPS) is 15.3. The standard InChI is InChI=1S/C14H18N4OS/c1-3-16-13(19)12-11(15)9-6-8-7-18(2)5-4-10(8)17-14(9)20-12/h6H,3-5,7,15H2,1-2H3,(H,16,19). The van der Waals surface area contributed by atoms with Crippen LogP contribution in [0.2, 0.25) is 0 Å². The molecule has 0 spiro atoms. The number of nitrogens with zero attached hydrogens (tertiary/aromatic N) is 2. The smallest absolute Gasteiger partial charge is 0.263 e. The molecule has 0 aliphatic carbocycles. The van der Waals surface area contributed by atoms with Crippen molar-refractivity contribution >= 4 is 33.1 Å². The SMILES string of the molecule is CCNC(=O)c1sc2nc3c(cc2c1N)CN(C)CC3. The molecule has 3 rings (SSSR count). The van der Waals surface area contributed by atoms with E-state index in [0.717, 1.165) is 35.4 Å². The number of thiophene rings is 1. The number of hydrogen-bond donors (Lipinski definition) is 2. The molecule has 0 unspecified atom stereocenters. The van der Waals surface area contributed by atoms with Gasteiger partial charge in [0.25, 0.3) is 5.91 Å². The summed E-state index contributed by atoms with van der Waals surface area (Å²) in [4.78, 5) is 20.4. The second kappa shape index (κ2) is 5.03. The van der Waals surface area contributed by atoms with Crippen molar-refractivity contribution in [3.05, 3.63) is 22.2 Å². The molecule has 0 bridgehead atoms. The molecule has 20 heavy (non-hydrogen) atoms. The first kappa shape index (κ1) is 13.3. The molecule has 5 nitrogen and oxygen atoms in total. The van der Waals surface area contributed by atoms with Crippen LogP contribution < -0.4 is 11.1 Å². The molecule has 0 fully saturated rings. The van der Waals surface area contributed by atoms with Gasteiger partial charge in [-0.05, 0) is 25.6 Å². The minimum absolute atomic E-state index is 0.108. The van der Waals surface area contributed by atoms with Gasteiger partial charge in [0.05, 0.1) is 5.69 Å². The van der Waals surface area contributed by atoms with Crippen molar-refractivity contribution in [1.82, 2.24) is 15.2 Å². The Labute approximate surface area is 121 Å². The van der Waals surface area contributed by atoms with Crippen LogP contribution in [0.5, 0.6) is 0 Å². The first-order valence-corrected chi connectivity index (χ1v) is 7.59. The molecule has 0 radical (unpaired) electrons. The Bertz CT molecular complexity index is 679. The number of anilines is 1. The number of rotatable bonds is 2. The van der Waals surface area contributed by atoms with Gasteiger partial charge in [-0.25, -0.2) is 4.98 Å². The molecule has 6 heteroatoms. The lowest BCUT2D eigenvalue weighted by Gasteiger charge is -2.24. The minimum atomic E-state index is -0.108. The van der Waals surface area contributed by atoms with Crippen LogP contribution in [0.4, 0.5) is 5.69 Å². The van der Waals surface area contributed by atoms with E-state index in [2.05, 4.69) is 23.3 Å². The highest BCUT2D eigenvalue weighted by molar-refractivity contribution is 7.21. The Balaban J connectivity index is 2.10. The maximum atomic E-state index is 12.0. The number of carbonyl (C=O) groups excluding carboxylic acids is 1. The van der Waals surface area contributed by atoms with Crippen molar-refractivity contribution < 1.29 is 4.79 Å². The first-order chi connectivity index (χ1) is 9.60. The monoisotopic (exact) mass is 290 g/mol. The summed E-state index contributed by atoms with van der Waals surface area (Å²) in [6.45, 7) is 4.41. The molecule has 0 aromatic carbocycles. The molecule has 1 aliphatic heterocycles. The third-order valence-corrected chi connectivity index (χ3v) is 4.72. The number of fused-ring (bicyclic) bond motifs is 2. The van der Waals surface area contributed by atoms with Crippen LogP contribution >= 0.6 is 11.3 Å². The summed E-state index contributed by atoms with van der Waals surface area (Å²) in [5, 5.41) is 3.70. The van der Waals surface area contributed by atoms with E-state index in [1.807, 2.05) is 6.92 Å². The second-order valence-corrected chi connectivity index (χ2v) is 6.14. The molecule has 3 N–H and O–H groups in total. The van der Waals surface area contributed by atoms with Gasteiger partial charge in [-0.3, -0.25) is 4.79 Å². The zero-order valence-corrected chi connectivity index (χ0v) is 12.5. The van der Waals surface area contributed by atoms with Crippen LogP contribution in [0.15, 0.2) is 6.07 Å². The Kier molecular flexibility index (Phi) is 3.35. The Morgan fingerprint density at radius 1 is 1.60 bits per heavy atom. The van der Waals surface area contributed by atoms with Gasteiger partial charge in [0.15, 0.2) is 0 Å². The van der Waals surface area contributed by atoms with E-state index in [0.29, 0.717) is 17.1 Å². The van der Waals surface area contributed by atoms with Crippen molar-refractivity contribution in [2.24, 2.45) is 0 Å². The Hall–Kier alpha value is -1.66. The molecule has 2 aromatic heterocycles. The molecule has 1 aliphatic rings. The maximum absolute atomic E-state index is 12.0. The fourth-order valence-electron chi connectivity index (χ4n) is 2.55. The molecule has 2 aromatic rings. The minimum Gasteiger partial charge on any atom is -0.397 e. The predicted octanol–water partition coefficient (Wildman–Crippen LogP) is 1.62. The van der Waals surface area contributed by atoms with Crippen LogP contribution in [-0.2, 0) is 13.0 Å². The van der Waals surface area contributed by atoms with Gasteiger partial charge in [0, 0.05) is 37.1 Å². The van der Waals surface area contributed by atoms with E-state index in [4.69, 9.17) is 10.7 Å². The van der Waals surface area contributed by atoms with E-state index < -0.39 is 0 Å². The summed E-state index contributed by atoms with van der Waals surface area (Å²) in [7, 11) is 2.10. The van der Waals surface area contributed by atoms with Gasteiger partial charge in [-0.1, -0.05) is 0 Å². The van der Waals surface area contributed by atoms with Gasteiger partial charge < -0.3 is 16.0 Å². The molecule has 0 saturated heterocycles. The number of nitrogens with two attached hydrogens (primary N) is 1. The molecule has 0 saturated carbocycles. The molecule has 0 atom stereocenters. The fourth-order valence-corrected chi connectivity index (χ4v) is 3.56. The number of pyridine rings is 1. The van der Waals surface area contributed by atoms with Gasteiger partial charge >= 0.3 is 0 Å².